The van der Waals surface area contributed by atoms with Crippen molar-refractivity contribution in [3.05, 3.63) is 0 Å². The Morgan fingerprint density at radius 2 is 2.07 bits per heavy atom. The molecule has 0 aliphatic heterocycles. The summed E-state index contributed by atoms with van der Waals surface area (Å²) in [5, 5.41) is 3.02. The highest BCUT2D eigenvalue weighted by molar-refractivity contribution is 5.86. The van der Waals surface area contributed by atoms with E-state index in [1.165, 1.54) is 12.8 Å². The Morgan fingerprint density at radius 1 is 1.47 bits per heavy atom. The molecule has 3 nitrogen and oxygen atoms in total. The summed E-state index contributed by atoms with van der Waals surface area (Å²) in [6.45, 7) is 3.03. The second kappa shape index (κ2) is 4.12. The molecule has 2 rings (SSSR count). The molecular formula is C12H22N2O. The fraction of sp³-hybridized carbons (Fsp3) is 0.917. The Morgan fingerprint density at radius 3 is 2.60 bits per heavy atom. The van der Waals surface area contributed by atoms with Gasteiger partial charge < -0.3 is 11.1 Å². The average Bonchev–Trinajstić information content (AvgIpc) is 2.98. The minimum absolute atomic E-state index is 0.0764. The maximum absolute atomic E-state index is 11.9. The lowest BCUT2D eigenvalue weighted by Gasteiger charge is -2.23. The molecule has 0 spiro atoms. The van der Waals surface area contributed by atoms with E-state index in [-0.39, 0.29) is 5.91 Å². The summed E-state index contributed by atoms with van der Waals surface area (Å²) in [5.41, 5.74) is 5.52. The van der Waals surface area contributed by atoms with Gasteiger partial charge in [-0.2, -0.15) is 0 Å². The van der Waals surface area contributed by atoms with Gasteiger partial charge in [0, 0.05) is 6.54 Å². The largest absolute Gasteiger partial charge is 0.354 e. The molecule has 0 aromatic carbocycles. The van der Waals surface area contributed by atoms with Crippen LogP contribution in [0, 0.1) is 11.8 Å². The van der Waals surface area contributed by atoms with Gasteiger partial charge in [-0.1, -0.05) is 19.8 Å². The monoisotopic (exact) mass is 210 g/mol. The molecule has 2 saturated carbocycles. The number of rotatable bonds is 4. The number of nitrogens with two attached hydrogens (primary N) is 1. The second-order valence-electron chi connectivity index (χ2n) is 5.39. The highest BCUT2D eigenvalue weighted by Crippen LogP contribution is 2.36. The molecule has 2 aliphatic rings. The minimum atomic E-state index is -0.552. The zero-order valence-corrected chi connectivity index (χ0v) is 9.59. The normalized spacial score (nSPS) is 26.3. The van der Waals surface area contributed by atoms with E-state index in [1.54, 1.807) is 0 Å². The summed E-state index contributed by atoms with van der Waals surface area (Å²) >= 11 is 0. The van der Waals surface area contributed by atoms with Gasteiger partial charge in [0.05, 0.1) is 5.54 Å². The topological polar surface area (TPSA) is 55.1 Å². The molecule has 0 heterocycles. The van der Waals surface area contributed by atoms with Gasteiger partial charge in [-0.3, -0.25) is 4.79 Å². The van der Waals surface area contributed by atoms with E-state index in [0.29, 0.717) is 5.92 Å². The van der Waals surface area contributed by atoms with Gasteiger partial charge in [0.2, 0.25) is 5.91 Å². The first kappa shape index (κ1) is 10.9. The van der Waals surface area contributed by atoms with E-state index in [0.717, 1.165) is 38.1 Å². The third-order valence-corrected chi connectivity index (χ3v) is 3.96. The predicted octanol–water partition coefficient (Wildman–Crippen LogP) is 1.42. The van der Waals surface area contributed by atoms with E-state index in [2.05, 4.69) is 12.2 Å². The molecule has 1 atom stereocenters. The molecule has 3 N–H and O–H groups in total. The summed E-state index contributed by atoms with van der Waals surface area (Å²) in [6.07, 6.45) is 6.59. The van der Waals surface area contributed by atoms with Crippen molar-refractivity contribution in [3.63, 3.8) is 0 Å². The van der Waals surface area contributed by atoms with Crippen LogP contribution in [0.25, 0.3) is 0 Å². The highest BCUT2D eigenvalue weighted by atomic mass is 16.2. The number of carbonyl (C=O) groups is 1. The highest BCUT2D eigenvalue weighted by Gasteiger charge is 2.37. The second-order valence-corrected chi connectivity index (χ2v) is 5.39. The van der Waals surface area contributed by atoms with Gasteiger partial charge in [0.15, 0.2) is 0 Å². The van der Waals surface area contributed by atoms with Crippen molar-refractivity contribution in [2.75, 3.05) is 6.54 Å². The number of hydrogen-bond acceptors (Lipinski definition) is 2. The summed E-state index contributed by atoms with van der Waals surface area (Å²) in [5.74, 6) is 1.55. The molecule has 0 bridgehead atoms. The van der Waals surface area contributed by atoms with Gasteiger partial charge in [-0.15, -0.1) is 0 Å². The molecule has 15 heavy (non-hydrogen) atoms. The van der Waals surface area contributed by atoms with Gasteiger partial charge >= 0.3 is 0 Å². The lowest BCUT2D eigenvalue weighted by molar-refractivity contribution is -0.126. The fourth-order valence-corrected chi connectivity index (χ4v) is 2.49. The van der Waals surface area contributed by atoms with E-state index in [1.807, 2.05) is 0 Å². The first-order chi connectivity index (χ1) is 7.12. The molecule has 1 amide bonds. The number of carbonyl (C=O) groups excluding carboxylic acids is 1. The van der Waals surface area contributed by atoms with Crippen LogP contribution in [0.5, 0.6) is 0 Å². The molecule has 2 fully saturated rings. The smallest absolute Gasteiger partial charge is 0.240 e. The van der Waals surface area contributed by atoms with E-state index in [4.69, 9.17) is 5.73 Å². The van der Waals surface area contributed by atoms with Crippen LogP contribution < -0.4 is 11.1 Å². The predicted molar refractivity (Wildman–Crippen MR) is 60.3 cm³/mol. The van der Waals surface area contributed by atoms with Crippen LogP contribution in [-0.2, 0) is 4.79 Å². The molecule has 0 radical (unpaired) electrons. The quantitative estimate of drug-likeness (QED) is 0.737. The minimum Gasteiger partial charge on any atom is -0.354 e. The lowest BCUT2D eigenvalue weighted by atomic mass is 9.97. The summed E-state index contributed by atoms with van der Waals surface area (Å²) in [6, 6.07) is 0. The van der Waals surface area contributed by atoms with Crippen LogP contribution >= 0.6 is 0 Å². The first-order valence-electron chi connectivity index (χ1n) is 6.19. The Hall–Kier alpha value is -0.570. The van der Waals surface area contributed by atoms with Gasteiger partial charge in [-0.25, -0.2) is 0 Å². The molecule has 0 aromatic heterocycles. The third kappa shape index (κ3) is 2.51. The average molecular weight is 210 g/mol. The summed E-state index contributed by atoms with van der Waals surface area (Å²) in [4.78, 5) is 11.9. The van der Waals surface area contributed by atoms with Crippen molar-refractivity contribution in [1.82, 2.24) is 5.32 Å². The van der Waals surface area contributed by atoms with E-state index in [9.17, 15) is 4.79 Å². The third-order valence-electron chi connectivity index (χ3n) is 3.96. The number of hydrogen-bond donors (Lipinski definition) is 2. The van der Waals surface area contributed by atoms with Crippen molar-refractivity contribution in [3.8, 4) is 0 Å². The van der Waals surface area contributed by atoms with Crippen LogP contribution in [0.1, 0.15) is 45.4 Å². The Labute approximate surface area is 91.8 Å². The Bertz CT molecular complexity index is 242. The summed E-state index contributed by atoms with van der Waals surface area (Å²) in [7, 11) is 0. The van der Waals surface area contributed by atoms with Crippen molar-refractivity contribution in [2.24, 2.45) is 17.6 Å². The van der Waals surface area contributed by atoms with Crippen molar-refractivity contribution < 1.29 is 4.79 Å². The van der Waals surface area contributed by atoms with Gasteiger partial charge in [0.25, 0.3) is 0 Å². The Balaban J connectivity index is 1.75. The lowest BCUT2D eigenvalue weighted by Crippen LogP contribution is -2.52. The van der Waals surface area contributed by atoms with Gasteiger partial charge in [0.1, 0.15) is 0 Å². The SMILES string of the molecule is CC(CNC(=O)C1(N)CCCC1)C1CC1. The zero-order chi connectivity index (χ0) is 10.9. The van der Waals surface area contributed by atoms with E-state index >= 15 is 0 Å². The summed E-state index contributed by atoms with van der Waals surface area (Å²) < 4.78 is 0. The molecule has 86 valence electrons. The van der Waals surface area contributed by atoms with Crippen molar-refractivity contribution in [2.45, 2.75) is 51.0 Å². The maximum Gasteiger partial charge on any atom is 0.240 e. The standard InChI is InChI=1S/C12H22N2O/c1-9(10-4-5-10)8-14-11(15)12(13)6-2-3-7-12/h9-10H,2-8,13H2,1H3,(H,14,15). The number of amides is 1. The molecule has 3 heteroatoms. The van der Waals surface area contributed by atoms with Gasteiger partial charge in [-0.05, 0) is 37.5 Å². The van der Waals surface area contributed by atoms with Crippen LogP contribution in [0.4, 0.5) is 0 Å². The van der Waals surface area contributed by atoms with Crippen molar-refractivity contribution >= 4 is 5.91 Å². The van der Waals surface area contributed by atoms with Crippen LogP contribution in [-0.4, -0.2) is 18.0 Å². The van der Waals surface area contributed by atoms with Crippen LogP contribution in [0.2, 0.25) is 0 Å². The van der Waals surface area contributed by atoms with Crippen LogP contribution in [0.3, 0.4) is 0 Å². The Kier molecular flexibility index (Phi) is 3.01. The molecule has 0 aromatic rings. The first-order valence-corrected chi connectivity index (χ1v) is 6.19. The molecular weight excluding hydrogens is 188 g/mol. The van der Waals surface area contributed by atoms with Crippen LogP contribution in [0.15, 0.2) is 0 Å². The molecule has 1 unspecified atom stereocenters. The molecule has 2 aliphatic carbocycles. The molecule has 0 saturated heterocycles. The maximum atomic E-state index is 11.9. The zero-order valence-electron chi connectivity index (χ0n) is 9.59. The fourth-order valence-electron chi connectivity index (χ4n) is 2.49. The van der Waals surface area contributed by atoms with Crippen molar-refractivity contribution in [1.29, 1.82) is 0 Å². The van der Waals surface area contributed by atoms with E-state index < -0.39 is 5.54 Å². The number of nitrogens with one attached hydrogen (secondary N) is 1.